The Balaban J connectivity index is 1.64. The number of carbonyl (C=O) groups excluding carboxylic acids is 2. The van der Waals surface area contributed by atoms with Crippen LogP contribution in [0.4, 0.5) is 0 Å². The fourth-order valence-corrected chi connectivity index (χ4v) is 3.35. The van der Waals surface area contributed by atoms with E-state index in [-0.39, 0.29) is 18.1 Å². The highest BCUT2D eigenvalue weighted by atomic mass is 32.1. The molecule has 0 saturated carbocycles. The Morgan fingerprint density at radius 2 is 1.85 bits per heavy atom. The quantitative estimate of drug-likeness (QED) is 0.831. The van der Waals surface area contributed by atoms with Gasteiger partial charge in [-0.05, 0) is 56.7 Å². The maximum Gasteiger partial charge on any atom is 0.348 e. The number of hydrogen-bond acceptors (Lipinski definition) is 6. The van der Waals surface area contributed by atoms with Gasteiger partial charge in [0.25, 0.3) is 5.91 Å². The van der Waals surface area contributed by atoms with Crippen LogP contribution in [0.5, 0.6) is 11.5 Å². The molecule has 1 N–H and O–H groups in total. The normalized spacial score (nSPS) is 13.2. The van der Waals surface area contributed by atoms with Gasteiger partial charge in [-0.1, -0.05) is 0 Å². The van der Waals surface area contributed by atoms with Crippen molar-refractivity contribution in [3.05, 3.63) is 35.2 Å². The summed E-state index contributed by atoms with van der Waals surface area (Å²) in [5.41, 5.74) is 0.571. The molecule has 26 heavy (non-hydrogen) atoms. The highest BCUT2D eigenvalue weighted by Crippen LogP contribution is 2.37. The van der Waals surface area contributed by atoms with Crippen LogP contribution in [0.2, 0.25) is 0 Å². The predicted octanol–water partition coefficient (Wildman–Crippen LogP) is 3.26. The van der Waals surface area contributed by atoms with Gasteiger partial charge in [0.2, 0.25) is 0 Å². The van der Waals surface area contributed by atoms with Crippen molar-refractivity contribution in [2.45, 2.75) is 26.3 Å². The van der Waals surface area contributed by atoms with Crippen molar-refractivity contribution in [3.63, 3.8) is 0 Å². The number of esters is 1. The maximum atomic E-state index is 12.2. The van der Waals surface area contributed by atoms with E-state index >= 15 is 0 Å². The topological polar surface area (TPSA) is 73.9 Å². The van der Waals surface area contributed by atoms with E-state index in [1.54, 1.807) is 6.07 Å². The van der Waals surface area contributed by atoms with Gasteiger partial charge >= 0.3 is 5.97 Å². The fraction of sp³-hybridized carbons (Fsp3) is 0.368. The first-order chi connectivity index (χ1) is 12.3. The van der Waals surface area contributed by atoms with Crippen LogP contribution in [0.25, 0.3) is 10.4 Å². The number of thiophene rings is 1. The van der Waals surface area contributed by atoms with E-state index in [9.17, 15) is 9.59 Å². The lowest BCUT2D eigenvalue weighted by atomic mass is 10.1. The minimum Gasteiger partial charge on any atom is -0.486 e. The Hall–Kier alpha value is -2.54. The molecule has 1 aliphatic rings. The second-order valence-electron chi connectivity index (χ2n) is 6.90. The molecule has 0 aliphatic carbocycles. The standard InChI is InChI=1S/C19H21NO5S/c1-19(2,3)20-17(21)11-25-18(22)16-7-6-15(26-16)12-4-5-13-14(10-12)24-9-8-23-13/h4-7,10H,8-9,11H2,1-3H3,(H,20,21). The first-order valence-corrected chi connectivity index (χ1v) is 9.11. The van der Waals surface area contributed by atoms with Gasteiger partial charge < -0.3 is 19.5 Å². The molecular formula is C19H21NO5S. The van der Waals surface area contributed by atoms with Crippen molar-refractivity contribution < 1.29 is 23.8 Å². The van der Waals surface area contributed by atoms with Gasteiger partial charge in [-0.2, -0.15) is 0 Å². The van der Waals surface area contributed by atoms with E-state index in [1.807, 2.05) is 45.0 Å². The van der Waals surface area contributed by atoms with Gasteiger partial charge in [0, 0.05) is 10.4 Å². The molecule has 0 spiro atoms. The molecule has 138 valence electrons. The van der Waals surface area contributed by atoms with Gasteiger partial charge in [0.05, 0.1) is 0 Å². The minimum atomic E-state index is -0.511. The third kappa shape index (κ3) is 4.54. The van der Waals surface area contributed by atoms with Crippen molar-refractivity contribution in [1.82, 2.24) is 5.32 Å². The molecule has 2 aromatic rings. The summed E-state index contributed by atoms with van der Waals surface area (Å²) in [5, 5.41) is 2.75. The number of amides is 1. The number of hydrogen-bond donors (Lipinski definition) is 1. The SMILES string of the molecule is CC(C)(C)NC(=O)COC(=O)c1ccc(-c2ccc3c(c2)OCCO3)s1. The lowest BCUT2D eigenvalue weighted by molar-refractivity contribution is -0.125. The maximum absolute atomic E-state index is 12.2. The zero-order valence-electron chi connectivity index (χ0n) is 15.0. The Morgan fingerprint density at radius 3 is 2.58 bits per heavy atom. The molecule has 6 nitrogen and oxygen atoms in total. The molecule has 3 rings (SSSR count). The molecular weight excluding hydrogens is 354 g/mol. The van der Waals surface area contributed by atoms with E-state index < -0.39 is 5.97 Å². The van der Waals surface area contributed by atoms with E-state index in [2.05, 4.69) is 5.32 Å². The number of fused-ring (bicyclic) bond motifs is 1. The molecule has 0 saturated heterocycles. The van der Waals surface area contributed by atoms with Crippen molar-refractivity contribution in [1.29, 1.82) is 0 Å². The highest BCUT2D eigenvalue weighted by Gasteiger charge is 2.18. The van der Waals surface area contributed by atoms with Gasteiger partial charge in [-0.3, -0.25) is 4.79 Å². The molecule has 0 bridgehead atoms. The van der Waals surface area contributed by atoms with Gasteiger partial charge in [-0.15, -0.1) is 11.3 Å². The summed E-state index contributed by atoms with van der Waals surface area (Å²) in [7, 11) is 0. The van der Waals surface area contributed by atoms with Crippen LogP contribution in [0, 0.1) is 0 Å². The first-order valence-electron chi connectivity index (χ1n) is 8.30. The summed E-state index contributed by atoms with van der Waals surface area (Å²) in [6.07, 6.45) is 0. The van der Waals surface area contributed by atoms with Crippen LogP contribution < -0.4 is 14.8 Å². The third-order valence-corrected chi connectivity index (χ3v) is 4.60. The molecule has 0 unspecified atom stereocenters. The average Bonchev–Trinajstić information content (AvgIpc) is 3.08. The van der Waals surface area contributed by atoms with Gasteiger partial charge in [0.1, 0.15) is 18.1 Å². The summed E-state index contributed by atoms with van der Waals surface area (Å²) in [6.45, 7) is 6.37. The summed E-state index contributed by atoms with van der Waals surface area (Å²) in [4.78, 5) is 25.3. The fourth-order valence-electron chi connectivity index (χ4n) is 2.46. The molecule has 0 atom stereocenters. The Labute approximate surface area is 156 Å². The van der Waals surface area contributed by atoms with Crippen molar-refractivity contribution >= 4 is 23.2 Å². The highest BCUT2D eigenvalue weighted by molar-refractivity contribution is 7.17. The van der Waals surface area contributed by atoms with Crippen LogP contribution in [0.3, 0.4) is 0 Å². The zero-order valence-corrected chi connectivity index (χ0v) is 15.8. The van der Waals surface area contributed by atoms with Gasteiger partial charge in [-0.25, -0.2) is 4.79 Å². The molecule has 1 aliphatic heterocycles. The lowest BCUT2D eigenvalue weighted by Crippen LogP contribution is -2.42. The summed E-state index contributed by atoms with van der Waals surface area (Å²) in [5.74, 6) is 0.587. The van der Waals surface area contributed by atoms with Crippen molar-refractivity contribution in [3.8, 4) is 21.9 Å². The van der Waals surface area contributed by atoms with Gasteiger partial charge in [0.15, 0.2) is 18.1 Å². The van der Waals surface area contributed by atoms with E-state index in [4.69, 9.17) is 14.2 Å². The molecule has 7 heteroatoms. The summed E-state index contributed by atoms with van der Waals surface area (Å²) < 4.78 is 16.2. The number of carbonyl (C=O) groups is 2. The largest absolute Gasteiger partial charge is 0.486 e. The molecule has 2 heterocycles. The van der Waals surface area contributed by atoms with Crippen molar-refractivity contribution in [2.75, 3.05) is 19.8 Å². The van der Waals surface area contributed by atoms with E-state index in [1.165, 1.54) is 11.3 Å². The predicted molar refractivity (Wildman–Crippen MR) is 98.9 cm³/mol. The van der Waals surface area contributed by atoms with E-state index in [0.717, 1.165) is 16.2 Å². The van der Waals surface area contributed by atoms with E-state index in [0.29, 0.717) is 23.8 Å². The Morgan fingerprint density at radius 1 is 1.12 bits per heavy atom. The average molecular weight is 375 g/mol. The van der Waals surface area contributed by atoms with Crippen LogP contribution >= 0.6 is 11.3 Å². The summed E-state index contributed by atoms with van der Waals surface area (Å²) in [6, 6.07) is 9.22. The molecule has 0 fully saturated rings. The monoisotopic (exact) mass is 375 g/mol. The lowest BCUT2D eigenvalue weighted by Gasteiger charge is -2.20. The molecule has 1 aromatic carbocycles. The minimum absolute atomic E-state index is 0.298. The second kappa shape index (κ2) is 7.37. The Bertz CT molecular complexity index is 822. The van der Waals surface area contributed by atoms with Crippen LogP contribution in [-0.2, 0) is 9.53 Å². The van der Waals surface area contributed by atoms with Crippen LogP contribution in [0.15, 0.2) is 30.3 Å². The molecule has 1 amide bonds. The van der Waals surface area contributed by atoms with Crippen LogP contribution in [-0.4, -0.2) is 37.2 Å². The van der Waals surface area contributed by atoms with Crippen molar-refractivity contribution in [2.24, 2.45) is 0 Å². The zero-order chi connectivity index (χ0) is 18.7. The molecule has 1 aromatic heterocycles. The second-order valence-corrected chi connectivity index (χ2v) is 7.98. The Kier molecular flexibility index (Phi) is 5.18. The number of rotatable bonds is 4. The molecule has 0 radical (unpaired) electrons. The number of ether oxygens (including phenoxy) is 3. The first kappa shape index (κ1) is 18.3. The third-order valence-electron chi connectivity index (χ3n) is 3.48. The summed E-state index contributed by atoms with van der Waals surface area (Å²) >= 11 is 1.31. The smallest absolute Gasteiger partial charge is 0.348 e. The number of benzene rings is 1. The number of nitrogens with one attached hydrogen (secondary N) is 1. The van der Waals surface area contributed by atoms with Crippen LogP contribution in [0.1, 0.15) is 30.4 Å².